The summed E-state index contributed by atoms with van der Waals surface area (Å²) in [6, 6.07) is 3.72. The molecular formula is C18H30ClN5O2. The maximum Gasteiger partial charge on any atom is 0.410 e. The lowest BCUT2D eigenvalue weighted by molar-refractivity contribution is 0.0302. The van der Waals surface area contributed by atoms with Crippen LogP contribution in [0.2, 0.25) is 5.15 Å². The lowest BCUT2D eigenvalue weighted by Crippen LogP contribution is -2.43. The Hall–Kier alpha value is -2.02. The van der Waals surface area contributed by atoms with Crippen LogP contribution < -0.4 is 10.6 Å². The van der Waals surface area contributed by atoms with Crippen molar-refractivity contribution in [2.75, 3.05) is 33.2 Å². The smallest absolute Gasteiger partial charge is 0.410 e. The normalized spacial score (nSPS) is 11.8. The minimum absolute atomic E-state index is 0.337. The largest absolute Gasteiger partial charge is 0.444 e. The van der Waals surface area contributed by atoms with Crippen LogP contribution in [0.1, 0.15) is 33.3 Å². The summed E-state index contributed by atoms with van der Waals surface area (Å²) >= 11 is 5.78. The second kappa shape index (κ2) is 10.9. The van der Waals surface area contributed by atoms with Gasteiger partial charge in [0.15, 0.2) is 5.96 Å². The first-order chi connectivity index (χ1) is 12.2. The highest BCUT2D eigenvalue weighted by atomic mass is 35.5. The number of ether oxygens (including phenoxy) is 1. The third kappa shape index (κ3) is 9.46. The molecule has 0 fully saturated rings. The number of nitrogens with zero attached hydrogens (tertiary/aromatic N) is 3. The molecule has 0 radical (unpaired) electrons. The zero-order valence-corrected chi connectivity index (χ0v) is 17.1. The summed E-state index contributed by atoms with van der Waals surface area (Å²) in [6.07, 6.45) is 2.20. The number of amides is 1. The maximum absolute atomic E-state index is 11.9. The standard InChI is InChI=1S/C18H30ClN5O2/c1-6-20-16(21-10-9-14-7-8-15(19)23-13-14)22-11-12-24(5)17(25)26-18(2,3)4/h7-8,13H,6,9-12H2,1-5H3,(H2,20,21,22). The van der Waals surface area contributed by atoms with E-state index in [-0.39, 0.29) is 6.09 Å². The second-order valence-corrected chi connectivity index (χ2v) is 7.22. The molecule has 0 aliphatic rings. The summed E-state index contributed by atoms with van der Waals surface area (Å²) < 4.78 is 5.32. The number of rotatable bonds is 7. The number of guanidine groups is 1. The molecule has 0 spiro atoms. The topological polar surface area (TPSA) is 78.9 Å². The third-order valence-electron chi connectivity index (χ3n) is 3.25. The van der Waals surface area contributed by atoms with E-state index in [1.54, 1.807) is 24.2 Å². The molecule has 7 nitrogen and oxygen atoms in total. The van der Waals surface area contributed by atoms with Gasteiger partial charge in [0.25, 0.3) is 0 Å². The quantitative estimate of drug-likeness (QED) is 0.430. The monoisotopic (exact) mass is 383 g/mol. The van der Waals surface area contributed by atoms with Crippen LogP contribution in [0.15, 0.2) is 23.3 Å². The van der Waals surface area contributed by atoms with E-state index >= 15 is 0 Å². The molecule has 0 saturated carbocycles. The van der Waals surface area contributed by atoms with E-state index in [4.69, 9.17) is 16.3 Å². The van der Waals surface area contributed by atoms with Gasteiger partial charge in [-0.05, 0) is 45.7 Å². The molecule has 146 valence electrons. The molecule has 8 heteroatoms. The molecule has 1 aromatic heterocycles. The molecule has 1 rings (SSSR count). The fourth-order valence-electron chi connectivity index (χ4n) is 1.97. The highest BCUT2D eigenvalue weighted by molar-refractivity contribution is 6.29. The van der Waals surface area contributed by atoms with E-state index in [1.807, 2.05) is 33.8 Å². The Morgan fingerprint density at radius 3 is 2.65 bits per heavy atom. The molecule has 26 heavy (non-hydrogen) atoms. The van der Waals surface area contributed by atoms with Crippen molar-refractivity contribution in [2.24, 2.45) is 4.99 Å². The lowest BCUT2D eigenvalue weighted by atomic mass is 10.2. The summed E-state index contributed by atoms with van der Waals surface area (Å²) in [7, 11) is 1.72. The number of aliphatic imine (C=N–C) groups is 1. The predicted octanol–water partition coefficient (Wildman–Crippen LogP) is 2.70. The first-order valence-corrected chi connectivity index (χ1v) is 9.16. The minimum atomic E-state index is -0.494. The van der Waals surface area contributed by atoms with Crippen molar-refractivity contribution < 1.29 is 9.53 Å². The molecule has 0 aliphatic heterocycles. The number of aromatic nitrogens is 1. The highest BCUT2D eigenvalue weighted by Gasteiger charge is 2.19. The van der Waals surface area contributed by atoms with Gasteiger partial charge in [-0.2, -0.15) is 0 Å². The molecule has 1 heterocycles. The Labute approximate surface area is 161 Å². The van der Waals surface area contributed by atoms with Gasteiger partial charge in [-0.3, -0.25) is 4.99 Å². The number of carbonyl (C=O) groups is 1. The molecule has 0 unspecified atom stereocenters. The van der Waals surface area contributed by atoms with Gasteiger partial charge in [0.1, 0.15) is 10.8 Å². The number of hydrogen-bond donors (Lipinski definition) is 2. The van der Waals surface area contributed by atoms with Crippen molar-refractivity contribution in [1.29, 1.82) is 0 Å². The van der Waals surface area contributed by atoms with Gasteiger partial charge in [0.05, 0.1) is 0 Å². The van der Waals surface area contributed by atoms with E-state index in [2.05, 4.69) is 20.6 Å². The Balaban J connectivity index is 2.41. The van der Waals surface area contributed by atoms with Crippen LogP contribution in [0.4, 0.5) is 4.79 Å². The van der Waals surface area contributed by atoms with E-state index in [9.17, 15) is 4.79 Å². The Bertz CT molecular complexity index is 584. The average molecular weight is 384 g/mol. The van der Waals surface area contributed by atoms with Crippen molar-refractivity contribution >= 4 is 23.7 Å². The van der Waals surface area contributed by atoms with Gasteiger partial charge in [-0.15, -0.1) is 0 Å². The summed E-state index contributed by atoms with van der Waals surface area (Å²) in [4.78, 5) is 22.1. The van der Waals surface area contributed by atoms with Crippen molar-refractivity contribution in [3.05, 3.63) is 29.0 Å². The zero-order chi connectivity index (χ0) is 19.6. The predicted molar refractivity (Wildman–Crippen MR) is 106 cm³/mol. The zero-order valence-electron chi connectivity index (χ0n) is 16.3. The van der Waals surface area contributed by atoms with Crippen molar-refractivity contribution in [3.63, 3.8) is 0 Å². The molecule has 0 saturated heterocycles. The first kappa shape index (κ1) is 22.0. The van der Waals surface area contributed by atoms with Crippen LogP contribution in [0.5, 0.6) is 0 Å². The van der Waals surface area contributed by atoms with E-state index in [0.717, 1.165) is 18.5 Å². The van der Waals surface area contributed by atoms with Gasteiger partial charge in [0.2, 0.25) is 0 Å². The second-order valence-electron chi connectivity index (χ2n) is 6.83. The highest BCUT2D eigenvalue weighted by Crippen LogP contribution is 2.08. The van der Waals surface area contributed by atoms with E-state index in [0.29, 0.717) is 30.7 Å². The van der Waals surface area contributed by atoms with Crippen molar-refractivity contribution in [2.45, 2.75) is 39.7 Å². The van der Waals surface area contributed by atoms with E-state index in [1.165, 1.54) is 0 Å². The molecule has 0 aromatic carbocycles. The molecule has 0 atom stereocenters. The minimum Gasteiger partial charge on any atom is -0.444 e. The fourth-order valence-corrected chi connectivity index (χ4v) is 2.08. The molecule has 1 amide bonds. The first-order valence-electron chi connectivity index (χ1n) is 8.78. The Morgan fingerprint density at radius 1 is 1.35 bits per heavy atom. The molecule has 0 bridgehead atoms. The lowest BCUT2D eigenvalue weighted by Gasteiger charge is -2.24. The van der Waals surface area contributed by atoms with Crippen LogP contribution in [0.3, 0.4) is 0 Å². The Morgan fingerprint density at radius 2 is 2.08 bits per heavy atom. The van der Waals surface area contributed by atoms with Crippen LogP contribution >= 0.6 is 11.6 Å². The van der Waals surface area contributed by atoms with Gasteiger partial charge < -0.3 is 20.3 Å². The molecule has 2 N–H and O–H groups in total. The van der Waals surface area contributed by atoms with Crippen LogP contribution in [-0.4, -0.2) is 60.8 Å². The summed E-state index contributed by atoms with van der Waals surface area (Å²) in [5.41, 5.74) is 0.588. The van der Waals surface area contributed by atoms with Gasteiger partial charge in [0, 0.05) is 39.4 Å². The molecule has 0 aliphatic carbocycles. The number of nitrogens with one attached hydrogen (secondary N) is 2. The SMILES string of the molecule is CCNC(=NCCc1ccc(Cl)nc1)NCCN(C)C(=O)OC(C)(C)C. The molecule has 1 aromatic rings. The molecular weight excluding hydrogens is 354 g/mol. The number of pyridine rings is 1. The Kier molecular flexibility index (Phi) is 9.19. The van der Waals surface area contributed by atoms with Crippen molar-refractivity contribution in [1.82, 2.24) is 20.5 Å². The summed E-state index contributed by atoms with van der Waals surface area (Å²) in [5, 5.41) is 6.89. The summed E-state index contributed by atoms with van der Waals surface area (Å²) in [6.45, 7) is 10.0. The number of carbonyl (C=O) groups excluding carboxylic acids is 1. The van der Waals surface area contributed by atoms with Crippen LogP contribution in [0.25, 0.3) is 0 Å². The maximum atomic E-state index is 11.9. The van der Waals surface area contributed by atoms with E-state index < -0.39 is 5.60 Å². The fraction of sp³-hybridized carbons (Fsp3) is 0.611. The van der Waals surface area contributed by atoms with Gasteiger partial charge in [-0.1, -0.05) is 17.7 Å². The number of halogens is 1. The van der Waals surface area contributed by atoms with Crippen LogP contribution in [-0.2, 0) is 11.2 Å². The summed E-state index contributed by atoms with van der Waals surface area (Å²) in [5.74, 6) is 0.715. The average Bonchev–Trinajstić information content (AvgIpc) is 2.55. The number of likely N-dealkylation sites (N-methyl/N-ethyl adjacent to an activating group) is 1. The third-order valence-corrected chi connectivity index (χ3v) is 3.47. The van der Waals surface area contributed by atoms with Gasteiger partial charge in [-0.25, -0.2) is 9.78 Å². The van der Waals surface area contributed by atoms with Crippen LogP contribution in [0, 0.1) is 0 Å². The number of hydrogen-bond acceptors (Lipinski definition) is 4. The van der Waals surface area contributed by atoms with Crippen molar-refractivity contribution in [3.8, 4) is 0 Å². The van der Waals surface area contributed by atoms with Gasteiger partial charge >= 0.3 is 6.09 Å².